The number of carbonyl (C=O) groups excluding carboxylic acids is 1. The highest BCUT2D eigenvalue weighted by molar-refractivity contribution is 5.75. The molecule has 2 rings (SSSR count). The van der Waals surface area contributed by atoms with Crippen molar-refractivity contribution in [1.82, 2.24) is 4.90 Å². The molecule has 0 spiro atoms. The molecule has 0 saturated carbocycles. The van der Waals surface area contributed by atoms with Gasteiger partial charge in [-0.05, 0) is 30.7 Å². The highest BCUT2D eigenvalue weighted by Crippen LogP contribution is 2.28. The van der Waals surface area contributed by atoms with Crippen LogP contribution in [0.3, 0.4) is 0 Å². The lowest BCUT2D eigenvalue weighted by molar-refractivity contribution is -0.140. The third kappa shape index (κ3) is 3.29. The molecule has 1 atom stereocenters. The fourth-order valence-electron chi connectivity index (χ4n) is 2.53. The van der Waals surface area contributed by atoms with Crippen molar-refractivity contribution in [2.24, 2.45) is 0 Å². The van der Waals surface area contributed by atoms with E-state index in [0.717, 1.165) is 24.3 Å². The first-order chi connectivity index (χ1) is 9.65. The van der Waals surface area contributed by atoms with Crippen LogP contribution in [0.1, 0.15) is 25.0 Å². The number of esters is 1. The van der Waals surface area contributed by atoms with Crippen LogP contribution < -0.4 is 5.32 Å². The predicted octanol–water partition coefficient (Wildman–Crippen LogP) is 1.36. The first-order valence-electron chi connectivity index (χ1n) is 7.08. The number of aliphatic hydroxyl groups excluding tert-OH is 1. The Labute approximate surface area is 119 Å². The van der Waals surface area contributed by atoms with Gasteiger partial charge in [0.2, 0.25) is 0 Å². The molecule has 2 N–H and O–H groups in total. The fourth-order valence-corrected chi connectivity index (χ4v) is 2.53. The van der Waals surface area contributed by atoms with Crippen molar-refractivity contribution < 1.29 is 14.6 Å². The van der Waals surface area contributed by atoms with E-state index in [4.69, 9.17) is 4.74 Å². The molecule has 1 aliphatic rings. The van der Waals surface area contributed by atoms with Crippen molar-refractivity contribution in [3.63, 3.8) is 0 Å². The van der Waals surface area contributed by atoms with Crippen molar-refractivity contribution in [1.29, 1.82) is 0 Å². The Kier molecular flexibility index (Phi) is 4.98. The Hall–Kier alpha value is -1.59. The minimum Gasteiger partial charge on any atom is -0.465 e. The molecule has 1 aromatic rings. The summed E-state index contributed by atoms with van der Waals surface area (Å²) in [6.07, 6.45) is 0.118. The van der Waals surface area contributed by atoms with Gasteiger partial charge in [-0.1, -0.05) is 19.1 Å². The topological polar surface area (TPSA) is 61.8 Å². The second-order valence-electron chi connectivity index (χ2n) is 4.85. The second-order valence-corrected chi connectivity index (χ2v) is 4.85. The van der Waals surface area contributed by atoms with E-state index in [9.17, 15) is 9.90 Å². The highest BCUT2D eigenvalue weighted by Gasteiger charge is 2.24. The van der Waals surface area contributed by atoms with Crippen molar-refractivity contribution in [3.8, 4) is 0 Å². The number of anilines is 1. The van der Waals surface area contributed by atoms with Gasteiger partial charge in [-0.2, -0.15) is 0 Å². The Balaban J connectivity index is 2.10. The van der Waals surface area contributed by atoms with Crippen molar-refractivity contribution >= 4 is 11.7 Å². The zero-order chi connectivity index (χ0) is 14.5. The molecule has 5 heteroatoms. The zero-order valence-corrected chi connectivity index (χ0v) is 12.1. The van der Waals surface area contributed by atoms with Crippen LogP contribution in [0.15, 0.2) is 18.2 Å². The minimum absolute atomic E-state index is 0.151. The van der Waals surface area contributed by atoms with E-state index in [2.05, 4.69) is 11.4 Å². The number of hydrogen-bond donors (Lipinski definition) is 2. The lowest BCUT2D eigenvalue weighted by atomic mass is 9.96. The van der Waals surface area contributed by atoms with Crippen LogP contribution in [0, 0.1) is 0 Å². The summed E-state index contributed by atoms with van der Waals surface area (Å²) >= 11 is 0. The SMILES string of the molecule is CCOC(=O)CNc1cccc2c1CC(O)N(CC)C2. The quantitative estimate of drug-likeness (QED) is 0.796. The van der Waals surface area contributed by atoms with Gasteiger partial charge in [-0.25, -0.2) is 0 Å². The zero-order valence-electron chi connectivity index (χ0n) is 12.1. The van der Waals surface area contributed by atoms with Crippen LogP contribution in [-0.4, -0.2) is 41.9 Å². The summed E-state index contributed by atoms with van der Waals surface area (Å²) in [7, 11) is 0. The Morgan fingerprint density at radius 2 is 2.30 bits per heavy atom. The molecule has 110 valence electrons. The molecule has 1 heterocycles. The molecular weight excluding hydrogens is 256 g/mol. The van der Waals surface area contributed by atoms with Gasteiger partial charge in [0.05, 0.1) is 6.61 Å². The summed E-state index contributed by atoms with van der Waals surface area (Å²) in [5, 5.41) is 13.2. The van der Waals surface area contributed by atoms with Gasteiger partial charge in [0.1, 0.15) is 12.8 Å². The molecule has 1 aliphatic heterocycles. The fraction of sp³-hybridized carbons (Fsp3) is 0.533. The van der Waals surface area contributed by atoms with Crippen LogP contribution in [0.4, 0.5) is 5.69 Å². The monoisotopic (exact) mass is 278 g/mol. The molecule has 0 bridgehead atoms. The second kappa shape index (κ2) is 6.72. The van der Waals surface area contributed by atoms with E-state index >= 15 is 0 Å². The number of likely N-dealkylation sites (N-methyl/N-ethyl adjacent to an activating group) is 1. The molecule has 1 aromatic carbocycles. The summed E-state index contributed by atoms with van der Waals surface area (Å²) in [5.41, 5.74) is 3.20. The molecule has 1 unspecified atom stereocenters. The summed E-state index contributed by atoms with van der Waals surface area (Å²) in [5.74, 6) is -0.267. The van der Waals surface area contributed by atoms with Crippen LogP contribution in [0.5, 0.6) is 0 Å². The van der Waals surface area contributed by atoms with Gasteiger partial charge in [-0.3, -0.25) is 9.69 Å². The maximum absolute atomic E-state index is 11.4. The molecule has 5 nitrogen and oxygen atoms in total. The van der Waals surface area contributed by atoms with E-state index in [1.807, 2.05) is 24.0 Å². The number of fused-ring (bicyclic) bond motifs is 1. The van der Waals surface area contributed by atoms with E-state index < -0.39 is 6.23 Å². The lowest BCUT2D eigenvalue weighted by Gasteiger charge is -2.33. The average Bonchev–Trinajstić information content (AvgIpc) is 2.44. The van der Waals surface area contributed by atoms with Gasteiger partial charge in [0.25, 0.3) is 0 Å². The van der Waals surface area contributed by atoms with Gasteiger partial charge in [0.15, 0.2) is 0 Å². The van der Waals surface area contributed by atoms with Crippen molar-refractivity contribution in [2.45, 2.75) is 33.0 Å². The molecule has 0 amide bonds. The molecule has 20 heavy (non-hydrogen) atoms. The van der Waals surface area contributed by atoms with Crippen molar-refractivity contribution in [3.05, 3.63) is 29.3 Å². The Morgan fingerprint density at radius 1 is 1.50 bits per heavy atom. The Bertz CT molecular complexity index is 476. The van der Waals surface area contributed by atoms with Crippen LogP contribution >= 0.6 is 0 Å². The van der Waals surface area contributed by atoms with Crippen LogP contribution in [-0.2, 0) is 22.5 Å². The maximum Gasteiger partial charge on any atom is 0.325 e. The third-order valence-corrected chi connectivity index (χ3v) is 3.59. The molecule has 0 aromatic heterocycles. The van der Waals surface area contributed by atoms with Crippen molar-refractivity contribution in [2.75, 3.05) is 25.0 Å². The third-order valence-electron chi connectivity index (χ3n) is 3.59. The molecular formula is C15H22N2O3. The van der Waals surface area contributed by atoms with E-state index in [0.29, 0.717) is 13.0 Å². The summed E-state index contributed by atoms with van der Waals surface area (Å²) < 4.78 is 4.90. The number of carbonyl (C=O) groups is 1. The predicted molar refractivity (Wildman–Crippen MR) is 77.4 cm³/mol. The standard InChI is InChI=1S/C15H22N2O3/c1-3-17-10-11-6-5-7-13(12(11)8-14(17)18)16-9-15(19)20-4-2/h5-7,14,16,18H,3-4,8-10H2,1-2H3. The largest absolute Gasteiger partial charge is 0.465 e. The Morgan fingerprint density at radius 3 is 3.00 bits per heavy atom. The molecule has 0 saturated heterocycles. The molecule has 0 radical (unpaired) electrons. The maximum atomic E-state index is 11.4. The number of nitrogens with zero attached hydrogens (tertiary/aromatic N) is 1. The number of rotatable bonds is 5. The van der Waals surface area contributed by atoms with Gasteiger partial charge in [0, 0.05) is 18.7 Å². The molecule has 0 fully saturated rings. The minimum atomic E-state index is -0.460. The summed E-state index contributed by atoms with van der Waals surface area (Å²) in [6.45, 7) is 5.92. The number of nitrogens with one attached hydrogen (secondary N) is 1. The molecule has 0 aliphatic carbocycles. The first-order valence-corrected chi connectivity index (χ1v) is 7.08. The van der Waals surface area contributed by atoms with Crippen LogP contribution in [0.2, 0.25) is 0 Å². The average molecular weight is 278 g/mol. The number of aliphatic hydroxyl groups is 1. The highest BCUT2D eigenvalue weighted by atomic mass is 16.5. The van der Waals surface area contributed by atoms with Crippen LogP contribution in [0.25, 0.3) is 0 Å². The van der Waals surface area contributed by atoms with E-state index in [1.54, 1.807) is 6.92 Å². The van der Waals surface area contributed by atoms with Gasteiger partial charge < -0.3 is 15.2 Å². The van der Waals surface area contributed by atoms with Gasteiger partial charge in [-0.15, -0.1) is 0 Å². The summed E-state index contributed by atoms with van der Waals surface area (Å²) in [4.78, 5) is 13.4. The number of benzene rings is 1. The summed E-state index contributed by atoms with van der Waals surface area (Å²) in [6, 6.07) is 5.98. The van der Waals surface area contributed by atoms with Gasteiger partial charge >= 0.3 is 5.97 Å². The van der Waals surface area contributed by atoms with E-state index in [-0.39, 0.29) is 12.5 Å². The normalized spacial score (nSPS) is 18.4. The number of hydrogen-bond acceptors (Lipinski definition) is 5. The van der Waals surface area contributed by atoms with E-state index in [1.165, 1.54) is 5.56 Å². The smallest absolute Gasteiger partial charge is 0.325 e. The first kappa shape index (κ1) is 14.8. The lowest BCUT2D eigenvalue weighted by Crippen LogP contribution is -2.40. The number of ether oxygens (including phenoxy) is 1.